The third-order valence-electron chi connectivity index (χ3n) is 5.63. The van der Waals surface area contributed by atoms with Crippen LogP contribution in [0.2, 0.25) is 5.02 Å². The molecular weight excluding hydrogens is 380 g/mol. The lowest BCUT2D eigenvalue weighted by Gasteiger charge is -2.40. The first-order valence-electron chi connectivity index (χ1n) is 10.1. The summed E-state index contributed by atoms with van der Waals surface area (Å²) >= 11 is 6.12. The number of benzene rings is 3. The largest absolute Gasteiger partial charge is 0.508 e. The summed E-state index contributed by atoms with van der Waals surface area (Å²) in [6.07, 6.45) is 0. The van der Waals surface area contributed by atoms with Crippen LogP contribution in [0.3, 0.4) is 0 Å². The fourth-order valence-corrected chi connectivity index (χ4v) is 4.33. The van der Waals surface area contributed by atoms with Gasteiger partial charge in [-0.05, 0) is 47.9 Å². The zero-order valence-electron chi connectivity index (χ0n) is 16.8. The molecule has 0 amide bonds. The van der Waals surface area contributed by atoms with Gasteiger partial charge in [0.05, 0.1) is 6.04 Å². The van der Waals surface area contributed by atoms with E-state index in [9.17, 15) is 5.11 Å². The molecule has 3 aromatic rings. The van der Waals surface area contributed by atoms with Gasteiger partial charge in [-0.2, -0.15) is 0 Å². The molecule has 3 nitrogen and oxygen atoms in total. The lowest BCUT2D eigenvalue weighted by Crippen LogP contribution is -2.47. The SMILES string of the molecule is Cc1cccc(CN2CCN(C(c3ccc(Cl)cc3)c3cccc(O)c3)CC2)c1. The van der Waals surface area contributed by atoms with Crippen LogP contribution in [0.1, 0.15) is 28.3 Å². The summed E-state index contributed by atoms with van der Waals surface area (Å²) in [6, 6.07) is 24.6. The van der Waals surface area contributed by atoms with Crippen LogP contribution in [0, 0.1) is 6.92 Å². The maximum Gasteiger partial charge on any atom is 0.115 e. The van der Waals surface area contributed by atoms with Gasteiger partial charge in [-0.15, -0.1) is 0 Å². The molecule has 0 spiro atoms. The van der Waals surface area contributed by atoms with Crippen molar-refractivity contribution in [1.82, 2.24) is 9.80 Å². The number of aryl methyl sites for hydroxylation is 1. The van der Waals surface area contributed by atoms with E-state index in [2.05, 4.69) is 59.2 Å². The Morgan fingerprint density at radius 3 is 2.28 bits per heavy atom. The molecule has 1 atom stereocenters. The predicted molar refractivity (Wildman–Crippen MR) is 119 cm³/mol. The van der Waals surface area contributed by atoms with Gasteiger partial charge in [0.25, 0.3) is 0 Å². The molecule has 4 heteroatoms. The molecule has 1 heterocycles. The van der Waals surface area contributed by atoms with Crippen molar-refractivity contribution in [3.05, 3.63) is 100 Å². The number of rotatable bonds is 5. The van der Waals surface area contributed by atoms with Crippen LogP contribution in [0.15, 0.2) is 72.8 Å². The van der Waals surface area contributed by atoms with Gasteiger partial charge in [-0.1, -0.05) is 65.7 Å². The van der Waals surface area contributed by atoms with E-state index in [-0.39, 0.29) is 6.04 Å². The Kier molecular flexibility index (Phi) is 6.19. The molecule has 0 aromatic heterocycles. The molecule has 1 saturated heterocycles. The Balaban J connectivity index is 1.51. The molecule has 150 valence electrons. The molecule has 4 rings (SSSR count). The van der Waals surface area contributed by atoms with Crippen LogP contribution < -0.4 is 0 Å². The third-order valence-corrected chi connectivity index (χ3v) is 5.88. The van der Waals surface area contributed by atoms with Crippen LogP contribution in [0.5, 0.6) is 5.75 Å². The van der Waals surface area contributed by atoms with Gasteiger partial charge in [0, 0.05) is 37.7 Å². The van der Waals surface area contributed by atoms with Crippen molar-refractivity contribution >= 4 is 11.6 Å². The second-order valence-corrected chi connectivity index (χ2v) is 8.29. The summed E-state index contributed by atoms with van der Waals surface area (Å²) in [5, 5.41) is 10.8. The van der Waals surface area contributed by atoms with Crippen molar-refractivity contribution in [3.8, 4) is 5.75 Å². The molecule has 0 saturated carbocycles. The average Bonchev–Trinajstić information content (AvgIpc) is 2.71. The third kappa shape index (κ3) is 4.99. The Bertz CT molecular complexity index is 949. The minimum absolute atomic E-state index is 0.112. The number of nitrogens with zero attached hydrogens (tertiary/aromatic N) is 2. The average molecular weight is 407 g/mol. The van der Waals surface area contributed by atoms with Crippen molar-refractivity contribution in [2.24, 2.45) is 0 Å². The molecule has 29 heavy (non-hydrogen) atoms. The summed E-state index contributed by atoms with van der Waals surface area (Å²) in [4.78, 5) is 5.03. The number of aromatic hydroxyl groups is 1. The van der Waals surface area contributed by atoms with Gasteiger partial charge in [-0.25, -0.2) is 0 Å². The molecule has 1 aliphatic rings. The highest BCUT2D eigenvalue weighted by Crippen LogP contribution is 2.32. The first-order valence-corrected chi connectivity index (χ1v) is 10.5. The van der Waals surface area contributed by atoms with Crippen LogP contribution >= 0.6 is 11.6 Å². The standard InChI is InChI=1S/C25H27ClN2O/c1-19-4-2-5-20(16-19)18-27-12-14-28(15-13-27)25(21-8-10-23(26)11-9-21)22-6-3-7-24(29)17-22/h2-11,16-17,25,29H,12-15,18H2,1H3. The summed E-state index contributed by atoms with van der Waals surface area (Å²) in [5.74, 6) is 0.305. The van der Waals surface area contributed by atoms with Crippen LogP contribution in [-0.2, 0) is 6.54 Å². The quantitative estimate of drug-likeness (QED) is 0.626. The van der Waals surface area contributed by atoms with Gasteiger partial charge in [-0.3, -0.25) is 9.80 Å². The van der Waals surface area contributed by atoms with Gasteiger partial charge in [0.15, 0.2) is 0 Å². The number of phenols is 1. The van der Waals surface area contributed by atoms with E-state index in [1.54, 1.807) is 6.07 Å². The number of hydrogen-bond donors (Lipinski definition) is 1. The van der Waals surface area contributed by atoms with E-state index in [0.717, 1.165) is 43.3 Å². The Morgan fingerprint density at radius 2 is 1.59 bits per heavy atom. The van der Waals surface area contributed by atoms with Crippen molar-refractivity contribution in [3.63, 3.8) is 0 Å². The predicted octanol–water partition coefficient (Wildman–Crippen LogP) is 5.26. The lowest BCUT2D eigenvalue weighted by atomic mass is 9.96. The smallest absolute Gasteiger partial charge is 0.115 e. The molecule has 1 fully saturated rings. The van der Waals surface area contributed by atoms with E-state index in [0.29, 0.717) is 5.75 Å². The first-order chi connectivity index (χ1) is 14.1. The van der Waals surface area contributed by atoms with E-state index in [1.165, 1.54) is 16.7 Å². The van der Waals surface area contributed by atoms with E-state index >= 15 is 0 Å². The Morgan fingerprint density at radius 1 is 0.862 bits per heavy atom. The number of piperazine rings is 1. The molecule has 0 aliphatic carbocycles. The second kappa shape index (κ2) is 9.00. The van der Waals surface area contributed by atoms with Crippen molar-refractivity contribution in [1.29, 1.82) is 0 Å². The summed E-state index contributed by atoms with van der Waals surface area (Å²) < 4.78 is 0. The van der Waals surface area contributed by atoms with Gasteiger partial charge >= 0.3 is 0 Å². The maximum atomic E-state index is 10.0. The van der Waals surface area contributed by atoms with Gasteiger partial charge < -0.3 is 5.11 Å². The summed E-state index contributed by atoms with van der Waals surface area (Å²) in [6.45, 7) is 7.15. The van der Waals surface area contributed by atoms with Crippen molar-refractivity contribution in [2.75, 3.05) is 26.2 Å². The van der Waals surface area contributed by atoms with Gasteiger partial charge in [0.1, 0.15) is 5.75 Å². The summed E-state index contributed by atoms with van der Waals surface area (Å²) in [5.41, 5.74) is 5.00. The van der Waals surface area contributed by atoms with Crippen LogP contribution in [0.4, 0.5) is 0 Å². The van der Waals surface area contributed by atoms with E-state index in [4.69, 9.17) is 11.6 Å². The summed E-state index contributed by atoms with van der Waals surface area (Å²) in [7, 11) is 0. The second-order valence-electron chi connectivity index (χ2n) is 7.85. The van der Waals surface area contributed by atoms with Gasteiger partial charge in [0.2, 0.25) is 0 Å². The topological polar surface area (TPSA) is 26.7 Å². The monoisotopic (exact) mass is 406 g/mol. The minimum Gasteiger partial charge on any atom is -0.508 e. The number of halogens is 1. The van der Waals surface area contributed by atoms with Crippen molar-refractivity contribution in [2.45, 2.75) is 19.5 Å². The maximum absolute atomic E-state index is 10.0. The normalized spacial score (nSPS) is 16.6. The Hall–Kier alpha value is -2.33. The van der Waals surface area contributed by atoms with E-state index < -0.39 is 0 Å². The van der Waals surface area contributed by atoms with E-state index in [1.807, 2.05) is 24.3 Å². The Labute approximate surface area is 178 Å². The van der Waals surface area contributed by atoms with Crippen LogP contribution in [-0.4, -0.2) is 41.1 Å². The van der Waals surface area contributed by atoms with Crippen molar-refractivity contribution < 1.29 is 5.11 Å². The zero-order valence-corrected chi connectivity index (χ0v) is 17.5. The fraction of sp³-hybridized carbons (Fsp3) is 0.280. The number of phenolic OH excluding ortho intramolecular Hbond substituents is 1. The fourth-order valence-electron chi connectivity index (χ4n) is 4.20. The lowest BCUT2D eigenvalue weighted by molar-refractivity contribution is 0.105. The molecule has 1 unspecified atom stereocenters. The molecule has 0 bridgehead atoms. The highest BCUT2D eigenvalue weighted by atomic mass is 35.5. The zero-order chi connectivity index (χ0) is 20.2. The van der Waals surface area contributed by atoms with Crippen LogP contribution in [0.25, 0.3) is 0 Å². The molecular formula is C25H27ClN2O. The highest BCUT2D eigenvalue weighted by Gasteiger charge is 2.26. The molecule has 1 aliphatic heterocycles. The molecule has 1 N–H and O–H groups in total. The minimum atomic E-state index is 0.112. The molecule has 0 radical (unpaired) electrons. The highest BCUT2D eigenvalue weighted by molar-refractivity contribution is 6.30. The molecule has 3 aromatic carbocycles. The number of hydrogen-bond acceptors (Lipinski definition) is 3. The first kappa shape index (κ1) is 20.0.